The predicted molar refractivity (Wildman–Crippen MR) is 83.2 cm³/mol. The summed E-state index contributed by atoms with van der Waals surface area (Å²) >= 11 is 0. The van der Waals surface area contributed by atoms with Gasteiger partial charge in [0.1, 0.15) is 11.9 Å². The summed E-state index contributed by atoms with van der Waals surface area (Å²) in [6.45, 7) is 8.18. The summed E-state index contributed by atoms with van der Waals surface area (Å²) in [6, 6.07) is 2.83. The lowest BCUT2D eigenvalue weighted by Crippen LogP contribution is -2.46. The van der Waals surface area contributed by atoms with Gasteiger partial charge in [-0.25, -0.2) is 4.98 Å². The van der Waals surface area contributed by atoms with Crippen LogP contribution in [0.25, 0.3) is 0 Å². The number of anilines is 1. The Balaban J connectivity index is 2.73. The zero-order valence-electron chi connectivity index (χ0n) is 13.1. The van der Waals surface area contributed by atoms with Crippen molar-refractivity contribution in [3.05, 3.63) is 23.9 Å². The van der Waals surface area contributed by atoms with E-state index in [4.69, 9.17) is 0 Å². The average molecular weight is 292 g/mol. The van der Waals surface area contributed by atoms with Gasteiger partial charge >= 0.3 is 0 Å². The minimum atomic E-state index is -0.598. The highest BCUT2D eigenvalue weighted by Gasteiger charge is 2.19. The number of pyridine rings is 1. The Morgan fingerprint density at radius 1 is 1.24 bits per heavy atom. The van der Waals surface area contributed by atoms with Gasteiger partial charge in [-0.3, -0.25) is 9.59 Å². The Bertz CT molecular complexity index is 488. The molecule has 116 valence electrons. The first-order chi connectivity index (χ1) is 9.95. The minimum absolute atomic E-state index is 0.0389. The topological polar surface area (TPSA) is 83.1 Å². The van der Waals surface area contributed by atoms with E-state index in [1.807, 2.05) is 20.8 Å². The number of amides is 2. The fourth-order valence-corrected chi connectivity index (χ4v) is 1.72. The highest BCUT2D eigenvalue weighted by molar-refractivity contribution is 6.01. The van der Waals surface area contributed by atoms with Crippen molar-refractivity contribution in [3.63, 3.8) is 0 Å². The van der Waals surface area contributed by atoms with Crippen LogP contribution in [-0.2, 0) is 4.79 Å². The summed E-state index contributed by atoms with van der Waals surface area (Å²) in [7, 11) is 0. The molecule has 1 unspecified atom stereocenters. The average Bonchev–Trinajstić information content (AvgIpc) is 2.44. The van der Waals surface area contributed by atoms with E-state index < -0.39 is 6.04 Å². The molecule has 0 aliphatic heterocycles. The molecule has 1 aromatic heterocycles. The summed E-state index contributed by atoms with van der Waals surface area (Å²) in [5.74, 6) is 0.0201. The van der Waals surface area contributed by atoms with Crippen LogP contribution < -0.4 is 16.0 Å². The molecule has 0 aliphatic carbocycles. The monoisotopic (exact) mass is 292 g/mol. The summed E-state index contributed by atoms with van der Waals surface area (Å²) in [5.41, 5.74) is 0.440. The smallest absolute Gasteiger partial charge is 0.255 e. The van der Waals surface area contributed by atoms with Crippen LogP contribution in [0.3, 0.4) is 0 Å². The molecule has 0 saturated heterocycles. The van der Waals surface area contributed by atoms with E-state index in [1.54, 1.807) is 25.3 Å². The number of hydrogen-bond donors (Lipinski definition) is 3. The summed E-state index contributed by atoms with van der Waals surface area (Å²) < 4.78 is 0. The second-order valence-corrected chi connectivity index (χ2v) is 5.18. The van der Waals surface area contributed by atoms with Gasteiger partial charge in [-0.1, -0.05) is 6.92 Å². The molecule has 3 N–H and O–H groups in total. The summed E-state index contributed by atoms with van der Waals surface area (Å²) in [5, 5.41) is 8.56. The standard InChI is InChI=1S/C15H24N4O2/c1-5-8-16-13-12(7-6-9-17-13)15(21)19-11(4)14(20)18-10(2)3/h6-7,9-11H,5,8H2,1-4H3,(H,16,17)(H,18,20)(H,19,21). The molecule has 6 nitrogen and oxygen atoms in total. The Hall–Kier alpha value is -2.11. The van der Waals surface area contributed by atoms with Gasteiger partial charge in [0.25, 0.3) is 5.91 Å². The Morgan fingerprint density at radius 3 is 2.57 bits per heavy atom. The first kappa shape index (κ1) is 16.9. The maximum Gasteiger partial charge on any atom is 0.255 e. The third kappa shape index (κ3) is 5.41. The molecule has 0 spiro atoms. The van der Waals surface area contributed by atoms with Gasteiger partial charge in [0.05, 0.1) is 5.56 Å². The zero-order valence-corrected chi connectivity index (χ0v) is 13.1. The van der Waals surface area contributed by atoms with Crippen LogP contribution in [0.4, 0.5) is 5.82 Å². The van der Waals surface area contributed by atoms with Crippen molar-refractivity contribution in [2.45, 2.75) is 46.2 Å². The van der Waals surface area contributed by atoms with E-state index in [0.29, 0.717) is 11.4 Å². The fourth-order valence-electron chi connectivity index (χ4n) is 1.72. The number of aromatic nitrogens is 1. The molecule has 6 heteroatoms. The lowest BCUT2D eigenvalue weighted by atomic mass is 10.2. The van der Waals surface area contributed by atoms with Crippen LogP contribution in [0.1, 0.15) is 44.5 Å². The van der Waals surface area contributed by atoms with Crippen molar-refractivity contribution in [3.8, 4) is 0 Å². The van der Waals surface area contributed by atoms with Gasteiger partial charge in [0.15, 0.2) is 0 Å². The van der Waals surface area contributed by atoms with Gasteiger partial charge in [0, 0.05) is 18.8 Å². The van der Waals surface area contributed by atoms with E-state index >= 15 is 0 Å². The molecule has 0 saturated carbocycles. The lowest BCUT2D eigenvalue weighted by Gasteiger charge is -2.17. The molecule has 0 fully saturated rings. The molecule has 0 aliphatic rings. The van der Waals surface area contributed by atoms with Crippen LogP contribution >= 0.6 is 0 Å². The van der Waals surface area contributed by atoms with Crippen molar-refractivity contribution in [1.82, 2.24) is 15.6 Å². The highest BCUT2D eigenvalue weighted by atomic mass is 16.2. The first-order valence-corrected chi connectivity index (χ1v) is 7.25. The largest absolute Gasteiger partial charge is 0.369 e. The zero-order chi connectivity index (χ0) is 15.8. The Kier molecular flexibility index (Phi) is 6.65. The van der Waals surface area contributed by atoms with Gasteiger partial charge in [0.2, 0.25) is 5.91 Å². The summed E-state index contributed by atoms with van der Waals surface area (Å²) in [4.78, 5) is 28.2. The van der Waals surface area contributed by atoms with Crippen molar-refractivity contribution < 1.29 is 9.59 Å². The van der Waals surface area contributed by atoms with Crippen molar-refractivity contribution in [1.29, 1.82) is 0 Å². The predicted octanol–water partition coefficient (Wildman–Crippen LogP) is 1.55. The van der Waals surface area contributed by atoms with Gasteiger partial charge in [-0.2, -0.15) is 0 Å². The Morgan fingerprint density at radius 2 is 1.95 bits per heavy atom. The number of nitrogens with zero attached hydrogens (tertiary/aromatic N) is 1. The van der Waals surface area contributed by atoms with Gasteiger partial charge in [-0.05, 0) is 39.3 Å². The molecular weight excluding hydrogens is 268 g/mol. The van der Waals surface area contributed by atoms with Crippen LogP contribution in [0.2, 0.25) is 0 Å². The summed E-state index contributed by atoms with van der Waals surface area (Å²) in [6.07, 6.45) is 2.56. The third-order valence-electron chi connectivity index (χ3n) is 2.77. The van der Waals surface area contributed by atoms with Crippen LogP contribution in [0, 0.1) is 0 Å². The molecule has 0 bridgehead atoms. The molecule has 2 amide bonds. The fraction of sp³-hybridized carbons (Fsp3) is 0.533. The lowest BCUT2D eigenvalue weighted by molar-refractivity contribution is -0.123. The molecule has 1 aromatic rings. The Labute approximate surface area is 125 Å². The van der Waals surface area contributed by atoms with E-state index in [1.165, 1.54) is 0 Å². The minimum Gasteiger partial charge on any atom is -0.369 e. The maximum absolute atomic E-state index is 12.3. The first-order valence-electron chi connectivity index (χ1n) is 7.25. The molecule has 0 aromatic carbocycles. The molecule has 1 atom stereocenters. The van der Waals surface area contributed by atoms with Crippen LogP contribution in [0.15, 0.2) is 18.3 Å². The van der Waals surface area contributed by atoms with Gasteiger partial charge < -0.3 is 16.0 Å². The molecule has 1 heterocycles. The van der Waals surface area contributed by atoms with Crippen molar-refractivity contribution >= 4 is 17.6 Å². The van der Waals surface area contributed by atoms with Gasteiger partial charge in [-0.15, -0.1) is 0 Å². The van der Waals surface area contributed by atoms with Crippen molar-refractivity contribution in [2.24, 2.45) is 0 Å². The number of carbonyl (C=O) groups is 2. The molecular formula is C15H24N4O2. The molecule has 21 heavy (non-hydrogen) atoms. The maximum atomic E-state index is 12.3. The third-order valence-corrected chi connectivity index (χ3v) is 2.77. The molecule has 0 radical (unpaired) electrons. The van der Waals surface area contributed by atoms with E-state index in [0.717, 1.165) is 13.0 Å². The second kappa shape index (κ2) is 8.24. The van der Waals surface area contributed by atoms with E-state index in [-0.39, 0.29) is 17.9 Å². The molecule has 1 rings (SSSR count). The van der Waals surface area contributed by atoms with Crippen molar-refractivity contribution in [2.75, 3.05) is 11.9 Å². The van der Waals surface area contributed by atoms with E-state index in [9.17, 15) is 9.59 Å². The van der Waals surface area contributed by atoms with Crippen LogP contribution in [-0.4, -0.2) is 35.4 Å². The normalized spacial score (nSPS) is 11.9. The van der Waals surface area contributed by atoms with Crippen LogP contribution in [0.5, 0.6) is 0 Å². The quantitative estimate of drug-likeness (QED) is 0.712. The second-order valence-electron chi connectivity index (χ2n) is 5.18. The number of carbonyl (C=O) groups excluding carboxylic acids is 2. The highest BCUT2D eigenvalue weighted by Crippen LogP contribution is 2.11. The van der Waals surface area contributed by atoms with E-state index in [2.05, 4.69) is 20.9 Å². The number of rotatable bonds is 7. The number of nitrogens with one attached hydrogen (secondary N) is 3. The number of hydrogen-bond acceptors (Lipinski definition) is 4. The SMILES string of the molecule is CCCNc1ncccc1C(=O)NC(C)C(=O)NC(C)C.